The van der Waals surface area contributed by atoms with Gasteiger partial charge in [-0.1, -0.05) is 6.42 Å². The molecule has 0 bridgehead atoms. The Labute approximate surface area is 116 Å². The number of methoxy groups -OCH3 is 1. The molecule has 0 radical (unpaired) electrons. The van der Waals surface area contributed by atoms with Gasteiger partial charge < -0.3 is 10.1 Å². The van der Waals surface area contributed by atoms with Crippen LogP contribution >= 0.6 is 0 Å². The minimum absolute atomic E-state index is 0.770. The fourth-order valence-electron chi connectivity index (χ4n) is 3.44. The zero-order valence-corrected chi connectivity index (χ0v) is 12.6. The zero-order valence-electron chi connectivity index (χ0n) is 12.6. The lowest BCUT2D eigenvalue weighted by Crippen LogP contribution is -2.23. The van der Waals surface area contributed by atoms with E-state index in [-0.39, 0.29) is 0 Å². The molecule has 3 nitrogen and oxygen atoms in total. The summed E-state index contributed by atoms with van der Waals surface area (Å²) in [5.41, 5.74) is 3.56. The second kappa shape index (κ2) is 6.38. The molecule has 0 spiro atoms. The van der Waals surface area contributed by atoms with Crippen molar-refractivity contribution >= 4 is 0 Å². The Hall–Kier alpha value is -1.09. The maximum atomic E-state index is 5.50. The van der Waals surface area contributed by atoms with E-state index in [4.69, 9.17) is 4.74 Å². The van der Waals surface area contributed by atoms with E-state index < -0.39 is 0 Å². The molecule has 0 aliphatic heterocycles. The third-order valence-corrected chi connectivity index (χ3v) is 4.49. The second-order valence-electron chi connectivity index (χ2n) is 5.76. The zero-order chi connectivity index (χ0) is 13.8. The molecule has 1 saturated carbocycles. The molecule has 1 aromatic heterocycles. The number of pyridine rings is 1. The minimum atomic E-state index is 0.770. The van der Waals surface area contributed by atoms with E-state index in [1.54, 1.807) is 7.11 Å². The molecule has 1 aliphatic carbocycles. The van der Waals surface area contributed by atoms with Crippen LogP contribution in [-0.4, -0.2) is 25.7 Å². The second-order valence-corrected chi connectivity index (χ2v) is 5.76. The van der Waals surface area contributed by atoms with Gasteiger partial charge in [-0.3, -0.25) is 4.98 Å². The highest BCUT2D eigenvalue weighted by Crippen LogP contribution is 2.35. The maximum Gasteiger partial charge on any atom is 0.128 e. The normalized spacial score (nSPS) is 22.7. The van der Waals surface area contributed by atoms with Crippen molar-refractivity contribution in [1.29, 1.82) is 0 Å². The van der Waals surface area contributed by atoms with Gasteiger partial charge in [-0.25, -0.2) is 0 Å². The molecular weight excluding hydrogens is 236 g/mol. The van der Waals surface area contributed by atoms with Crippen LogP contribution in [0.5, 0.6) is 5.75 Å². The Morgan fingerprint density at radius 2 is 2.05 bits per heavy atom. The van der Waals surface area contributed by atoms with Crippen LogP contribution in [-0.2, 0) is 6.42 Å². The number of rotatable bonds is 5. The summed E-state index contributed by atoms with van der Waals surface area (Å²) < 4.78 is 5.50. The van der Waals surface area contributed by atoms with E-state index in [0.717, 1.165) is 36.1 Å². The highest BCUT2D eigenvalue weighted by molar-refractivity contribution is 5.41. The van der Waals surface area contributed by atoms with Crippen LogP contribution in [0.4, 0.5) is 0 Å². The molecule has 1 aromatic rings. The Balaban J connectivity index is 2.15. The van der Waals surface area contributed by atoms with Crippen LogP contribution in [0.1, 0.15) is 36.1 Å². The number of aryl methyl sites for hydroxylation is 1. The van der Waals surface area contributed by atoms with E-state index in [0.29, 0.717) is 0 Å². The predicted octanol–water partition coefficient (Wildman–Crippen LogP) is 2.89. The third kappa shape index (κ3) is 3.08. The quantitative estimate of drug-likeness (QED) is 0.886. The molecule has 1 N–H and O–H groups in total. The molecule has 0 saturated heterocycles. The summed E-state index contributed by atoms with van der Waals surface area (Å²) in [5, 5.41) is 3.33. The summed E-state index contributed by atoms with van der Waals surface area (Å²) in [6.45, 7) is 5.32. The number of nitrogens with zero attached hydrogens (tertiary/aromatic N) is 1. The summed E-state index contributed by atoms with van der Waals surface area (Å²) in [6.07, 6.45) is 7.09. The Morgan fingerprint density at radius 3 is 2.74 bits per heavy atom. The standard InChI is InChI=1S/C16H26N2O/c1-11-9-18-15(12(2)16(11)19-4)8-13-6-5-7-14(13)10-17-3/h9,13-14,17H,5-8,10H2,1-4H3. The average Bonchev–Trinajstić information content (AvgIpc) is 2.81. The minimum Gasteiger partial charge on any atom is -0.496 e. The van der Waals surface area contributed by atoms with Crippen LogP contribution in [0.15, 0.2) is 6.20 Å². The molecule has 106 valence electrons. The SMILES string of the molecule is CNCC1CCCC1Cc1ncc(C)c(OC)c1C. The van der Waals surface area contributed by atoms with Crippen molar-refractivity contribution in [1.82, 2.24) is 10.3 Å². The Bertz CT molecular complexity index is 431. The topological polar surface area (TPSA) is 34.2 Å². The summed E-state index contributed by atoms with van der Waals surface area (Å²) in [4.78, 5) is 4.64. The lowest BCUT2D eigenvalue weighted by Gasteiger charge is -2.20. The number of aromatic nitrogens is 1. The van der Waals surface area contributed by atoms with Crippen LogP contribution in [0.25, 0.3) is 0 Å². The molecule has 2 unspecified atom stereocenters. The molecule has 1 heterocycles. The monoisotopic (exact) mass is 262 g/mol. The van der Waals surface area contributed by atoms with Crippen molar-refractivity contribution in [3.8, 4) is 5.75 Å². The maximum absolute atomic E-state index is 5.50. The highest BCUT2D eigenvalue weighted by Gasteiger charge is 2.27. The fourth-order valence-corrected chi connectivity index (χ4v) is 3.44. The van der Waals surface area contributed by atoms with E-state index in [2.05, 4.69) is 24.1 Å². The first-order valence-corrected chi connectivity index (χ1v) is 7.31. The molecule has 2 atom stereocenters. The lowest BCUT2D eigenvalue weighted by atomic mass is 9.90. The number of hydrogen-bond acceptors (Lipinski definition) is 3. The largest absolute Gasteiger partial charge is 0.496 e. The van der Waals surface area contributed by atoms with Crippen LogP contribution < -0.4 is 10.1 Å². The molecule has 1 fully saturated rings. The van der Waals surface area contributed by atoms with Crippen molar-refractivity contribution in [2.24, 2.45) is 11.8 Å². The molecule has 2 rings (SSSR count). The van der Waals surface area contributed by atoms with Gasteiger partial charge >= 0.3 is 0 Å². The fraction of sp³-hybridized carbons (Fsp3) is 0.688. The van der Waals surface area contributed by atoms with Gasteiger partial charge in [-0.05, 0) is 58.5 Å². The third-order valence-electron chi connectivity index (χ3n) is 4.49. The van der Waals surface area contributed by atoms with Crippen molar-refractivity contribution in [2.45, 2.75) is 39.5 Å². The molecule has 19 heavy (non-hydrogen) atoms. The van der Waals surface area contributed by atoms with E-state index in [1.807, 2.05) is 13.2 Å². The summed E-state index contributed by atoms with van der Waals surface area (Å²) in [5.74, 6) is 2.58. The number of nitrogens with one attached hydrogen (secondary N) is 1. The molecule has 1 aliphatic rings. The summed E-state index contributed by atoms with van der Waals surface area (Å²) >= 11 is 0. The van der Waals surface area contributed by atoms with Crippen molar-refractivity contribution in [3.05, 3.63) is 23.0 Å². The summed E-state index contributed by atoms with van der Waals surface area (Å²) in [6, 6.07) is 0. The molecule has 0 amide bonds. The average molecular weight is 262 g/mol. The van der Waals surface area contributed by atoms with Gasteiger partial charge in [-0.2, -0.15) is 0 Å². The van der Waals surface area contributed by atoms with Gasteiger partial charge in [0.2, 0.25) is 0 Å². The van der Waals surface area contributed by atoms with Gasteiger partial charge in [0.15, 0.2) is 0 Å². The van der Waals surface area contributed by atoms with Gasteiger partial charge in [0.05, 0.1) is 7.11 Å². The lowest BCUT2D eigenvalue weighted by molar-refractivity contribution is 0.368. The highest BCUT2D eigenvalue weighted by atomic mass is 16.5. The van der Waals surface area contributed by atoms with Gasteiger partial charge in [-0.15, -0.1) is 0 Å². The van der Waals surface area contributed by atoms with Gasteiger partial charge in [0.25, 0.3) is 0 Å². The summed E-state index contributed by atoms with van der Waals surface area (Å²) in [7, 11) is 3.80. The number of ether oxygens (including phenoxy) is 1. The molecular formula is C16H26N2O. The van der Waals surface area contributed by atoms with Gasteiger partial charge in [0, 0.05) is 23.0 Å². The Morgan fingerprint density at radius 1 is 1.32 bits per heavy atom. The smallest absolute Gasteiger partial charge is 0.128 e. The first-order valence-electron chi connectivity index (χ1n) is 7.31. The van der Waals surface area contributed by atoms with E-state index in [1.165, 1.54) is 30.5 Å². The van der Waals surface area contributed by atoms with Gasteiger partial charge in [0.1, 0.15) is 5.75 Å². The van der Waals surface area contributed by atoms with Crippen LogP contribution in [0.3, 0.4) is 0 Å². The first kappa shape index (κ1) is 14.3. The van der Waals surface area contributed by atoms with Crippen molar-refractivity contribution in [3.63, 3.8) is 0 Å². The molecule has 0 aromatic carbocycles. The molecule has 3 heteroatoms. The van der Waals surface area contributed by atoms with E-state index >= 15 is 0 Å². The van der Waals surface area contributed by atoms with Crippen molar-refractivity contribution < 1.29 is 4.74 Å². The van der Waals surface area contributed by atoms with Crippen molar-refractivity contribution in [2.75, 3.05) is 20.7 Å². The first-order chi connectivity index (χ1) is 9.17. The number of hydrogen-bond donors (Lipinski definition) is 1. The predicted molar refractivity (Wildman–Crippen MR) is 78.7 cm³/mol. The van der Waals surface area contributed by atoms with Crippen LogP contribution in [0.2, 0.25) is 0 Å². The Kier molecular flexibility index (Phi) is 4.81. The van der Waals surface area contributed by atoms with E-state index in [9.17, 15) is 0 Å². The van der Waals surface area contributed by atoms with Crippen LogP contribution in [0, 0.1) is 25.7 Å².